The van der Waals surface area contributed by atoms with Gasteiger partial charge in [0.25, 0.3) is 0 Å². The number of carbonyl (C=O) groups excluding carboxylic acids is 1. The van der Waals surface area contributed by atoms with Gasteiger partial charge in [0, 0.05) is 24.4 Å². The maximum Gasteiger partial charge on any atom is 0.221 e. The molecule has 0 aliphatic carbocycles. The van der Waals surface area contributed by atoms with E-state index in [-0.39, 0.29) is 24.4 Å². The Morgan fingerprint density at radius 2 is 2.29 bits per heavy atom. The predicted molar refractivity (Wildman–Crippen MR) is 74.7 cm³/mol. The summed E-state index contributed by atoms with van der Waals surface area (Å²) in [5.74, 6) is 0.0194. The molecule has 0 spiro atoms. The minimum absolute atomic E-state index is 0. The van der Waals surface area contributed by atoms with Gasteiger partial charge in [0.05, 0.1) is 6.04 Å². The molecule has 1 amide bonds. The van der Waals surface area contributed by atoms with Crippen LogP contribution in [0.25, 0.3) is 0 Å². The number of halogens is 1. The number of nitrogens with zero attached hydrogens (tertiary/aromatic N) is 1. The fourth-order valence-corrected chi connectivity index (χ4v) is 2.37. The quantitative estimate of drug-likeness (QED) is 0.823. The highest BCUT2D eigenvalue weighted by Crippen LogP contribution is 2.22. The van der Waals surface area contributed by atoms with Crippen LogP contribution in [0.1, 0.15) is 17.3 Å². The fourth-order valence-electron chi connectivity index (χ4n) is 1.45. The molecule has 1 aromatic heterocycles. The van der Waals surface area contributed by atoms with Crippen molar-refractivity contribution in [3.05, 3.63) is 22.4 Å². The Kier molecular flexibility index (Phi) is 8.16. The topological polar surface area (TPSA) is 58.4 Å². The molecule has 1 atom stereocenters. The van der Waals surface area contributed by atoms with Crippen molar-refractivity contribution in [3.8, 4) is 0 Å². The van der Waals surface area contributed by atoms with E-state index in [0.717, 1.165) is 0 Å². The molecule has 0 aromatic carbocycles. The van der Waals surface area contributed by atoms with Gasteiger partial charge in [-0.2, -0.15) is 0 Å². The Morgan fingerprint density at radius 1 is 1.59 bits per heavy atom. The Morgan fingerprint density at radius 3 is 2.76 bits per heavy atom. The SMILES string of the molecule is CN(C)C(CNC(=O)CCN)c1cccs1.Cl. The molecular weight excluding hydrogens is 258 g/mol. The summed E-state index contributed by atoms with van der Waals surface area (Å²) in [6.45, 7) is 1.03. The second-order valence-corrected chi connectivity index (χ2v) is 4.82. The summed E-state index contributed by atoms with van der Waals surface area (Å²) in [6.07, 6.45) is 0.393. The first kappa shape index (κ1) is 16.4. The van der Waals surface area contributed by atoms with Crippen molar-refractivity contribution in [1.82, 2.24) is 10.2 Å². The van der Waals surface area contributed by atoms with Gasteiger partial charge in [0.2, 0.25) is 5.91 Å². The van der Waals surface area contributed by atoms with E-state index in [4.69, 9.17) is 5.73 Å². The molecule has 0 fully saturated rings. The lowest BCUT2D eigenvalue weighted by Gasteiger charge is -2.23. The van der Waals surface area contributed by atoms with Crippen molar-refractivity contribution in [2.75, 3.05) is 27.2 Å². The van der Waals surface area contributed by atoms with Crippen LogP contribution in [0.2, 0.25) is 0 Å². The molecule has 1 unspecified atom stereocenters. The second kappa shape index (κ2) is 8.47. The third kappa shape index (κ3) is 5.50. The summed E-state index contributed by atoms with van der Waals surface area (Å²) in [5, 5.41) is 4.95. The minimum atomic E-state index is 0. The van der Waals surface area contributed by atoms with Crippen LogP contribution >= 0.6 is 23.7 Å². The smallest absolute Gasteiger partial charge is 0.221 e. The van der Waals surface area contributed by atoms with Crippen LogP contribution in [0.15, 0.2) is 17.5 Å². The fraction of sp³-hybridized carbons (Fsp3) is 0.545. The second-order valence-electron chi connectivity index (χ2n) is 3.84. The van der Waals surface area contributed by atoms with E-state index in [9.17, 15) is 4.79 Å². The van der Waals surface area contributed by atoms with Gasteiger partial charge >= 0.3 is 0 Å². The molecule has 3 N–H and O–H groups in total. The van der Waals surface area contributed by atoms with E-state index >= 15 is 0 Å². The van der Waals surface area contributed by atoms with Crippen LogP contribution in [-0.4, -0.2) is 38.0 Å². The first-order valence-corrected chi connectivity index (χ1v) is 6.19. The number of rotatable bonds is 6. The van der Waals surface area contributed by atoms with Crippen LogP contribution in [0.3, 0.4) is 0 Å². The average Bonchev–Trinajstić information content (AvgIpc) is 2.71. The summed E-state index contributed by atoms with van der Waals surface area (Å²) in [7, 11) is 4.03. The normalized spacial score (nSPS) is 12.0. The van der Waals surface area contributed by atoms with Gasteiger partial charge in [-0.15, -0.1) is 23.7 Å². The van der Waals surface area contributed by atoms with Crippen LogP contribution < -0.4 is 11.1 Å². The summed E-state index contributed by atoms with van der Waals surface area (Å²) < 4.78 is 0. The molecule has 1 aromatic rings. The van der Waals surface area contributed by atoms with Crippen LogP contribution in [0, 0.1) is 0 Å². The summed E-state index contributed by atoms with van der Waals surface area (Å²) in [5.41, 5.74) is 5.32. The van der Waals surface area contributed by atoms with Crippen molar-refractivity contribution in [1.29, 1.82) is 0 Å². The molecule has 98 valence electrons. The van der Waals surface area contributed by atoms with E-state index in [1.54, 1.807) is 11.3 Å². The molecule has 0 saturated carbocycles. The number of likely N-dealkylation sites (N-methyl/N-ethyl adjacent to an activating group) is 1. The van der Waals surface area contributed by atoms with Gasteiger partial charge in [-0.3, -0.25) is 4.79 Å². The molecule has 0 saturated heterocycles. The third-order valence-corrected chi connectivity index (χ3v) is 3.33. The number of nitrogens with one attached hydrogen (secondary N) is 1. The van der Waals surface area contributed by atoms with Crippen LogP contribution in [-0.2, 0) is 4.79 Å². The Balaban J connectivity index is 0.00000256. The average molecular weight is 278 g/mol. The highest BCUT2D eigenvalue weighted by atomic mass is 35.5. The molecule has 6 heteroatoms. The van der Waals surface area contributed by atoms with Gasteiger partial charge in [-0.05, 0) is 25.5 Å². The van der Waals surface area contributed by atoms with Gasteiger partial charge in [-0.1, -0.05) is 6.07 Å². The van der Waals surface area contributed by atoms with E-state index < -0.39 is 0 Å². The van der Waals surface area contributed by atoms with Crippen molar-refractivity contribution in [2.45, 2.75) is 12.5 Å². The Bertz CT molecular complexity index is 317. The lowest BCUT2D eigenvalue weighted by atomic mass is 10.2. The first-order chi connectivity index (χ1) is 7.65. The largest absolute Gasteiger partial charge is 0.354 e. The lowest BCUT2D eigenvalue weighted by Crippen LogP contribution is -2.34. The number of carbonyl (C=O) groups is 1. The number of thiophene rings is 1. The highest BCUT2D eigenvalue weighted by molar-refractivity contribution is 7.10. The Hall–Kier alpha value is -0.620. The van der Waals surface area contributed by atoms with E-state index in [1.165, 1.54) is 4.88 Å². The molecule has 4 nitrogen and oxygen atoms in total. The van der Waals surface area contributed by atoms with E-state index in [0.29, 0.717) is 19.5 Å². The molecule has 0 aliphatic rings. The van der Waals surface area contributed by atoms with Gasteiger partial charge in [-0.25, -0.2) is 0 Å². The summed E-state index contributed by atoms with van der Waals surface area (Å²) in [4.78, 5) is 14.7. The maximum absolute atomic E-state index is 11.3. The number of amides is 1. The molecule has 0 bridgehead atoms. The van der Waals surface area contributed by atoms with E-state index in [2.05, 4.69) is 16.3 Å². The maximum atomic E-state index is 11.3. The molecule has 0 radical (unpaired) electrons. The van der Waals surface area contributed by atoms with Crippen molar-refractivity contribution < 1.29 is 4.79 Å². The summed E-state index contributed by atoms with van der Waals surface area (Å²) >= 11 is 1.71. The lowest BCUT2D eigenvalue weighted by molar-refractivity contribution is -0.121. The standard InChI is InChI=1S/C11H19N3OS.ClH/c1-14(2)9(10-4-3-7-16-10)8-13-11(15)5-6-12;/h3-4,7,9H,5-6,8,12H2,1-2H3,(H,13,15);1H. The van der Waals surface area contributed by atoms with Crippen molar-refractivity contribution in [2.24, 2.45) is 5.73 Å². The molecule has 1 heterocycles. The highest BCUT2D eigenvalue weighted by Gasteiger charge is 2.15. The first-order valence-electron chi connectivity index (χ1n) is 5.31. The van der Waals surface area contributed by atoms with Crippen LogP contribution in [0.5, 0.6) is 0 Å². The zero-order chi connectivity index (χ0) is 12.0. The summed E-state index contributed by atoms with van der Waals surface area (Å²) in [6, 6.07) is 4.35. The number of nitrogens with two attached hydrogens (primary N) is 1. The molecule has 0 aliphatic heterocycles. The van der Waals surface area contributed by atoms with Gasteiger partial charge in [0.1, 0.15) is 0 Å². The minimum Gasteiger partial charge on any atom is -0.354 e. The van der Waals surface area contributed by atoms with Crippen molar-refractivity contribution >= 4 is 29.7 Å². The monoisotopic (exact) mass is 277 g/mol. The predicted octanol–water partition coefficient (Wildman–Crippen LogP) is 1.24. The zero-order valence-corrected chi connectivity index (χ0v) is 11.8. The van der Waals surface area contributed by atoms with Crippen molar-refractivity contribution in [3.63, 3.8) is 0 Å². The molecule has 1 rings (SSSR count). The Labute approximate surface area is 113 Å². The third-order valence-electron chi connectivity index (χ3n) is 2.36. The van der Waals surface area contributed by atoms with Crippen LogP contribution in [0.4, 0.5) is 0 Å². The molecular formula is C11H20ClN3OS. The number of hydrogen-bond acceptors (Lipinski definition) is 4. The van der Waals surface area contributed by atoms with E-state index in [1.807, 2.05) is 25.5 Å². The zero-order valence-electron chi connectivity index (χ0n) is 10.2. The molecule has 17 heavy (non-hydrogen) atoms. The van der Waals surface area contributed by atoms with Gasteiger partial charge < -0.3 is 16.0 Å². The van der Waals surface area contributed by atoms with Gasteiger partial charge in [0.15, 0.2) is 0 Å². The number of hydrogen-bond donors (Lipinski definition) is 2.